The largest absolute Gasteiger partial charge is 0.372 e. The molecule has 1 amide bonds. The number of hydrogen-bond acceptors (Lipinski definition) is 8. The van der Waals surface area contributed by atoms with Gasteiger partial charge in [-0.1, -0.05) is 48.2 Å². The molecule has 2 aliphatic heterocycles. The smallest absolute Gasteiger partial charge is 0.296 e. The van der Waals surface area contributed by atoms with Crippen LogP contribution in [0.5, 0.6) is 0 Å². The van der Waals surface area contributed by atoms with Crippen LogP contribution in [0.4, 0.5) is 11.5 Å². The van der Waals surface area contributed by atoms with Gasteiger partial charge in [0, 0.05) is 26.3 Å². The molecule has 1 aromatic carbocycles. The van der Waals surface area contributed by atoms with Crippen molar-refractivity contribution in [3.8, 4) is 5.69 Å². The van der Waals surface area contributed by atoms with E-state index in [9.17, 15) is 14.4 Å². The zero-order valence-corrected chi connectivity index (χ0v) is 24.6. The predicted octanol–water partition coefficient (Wildman–Crippen LogP) is 3.51. The second-order valence-electron chi connectivity index (χ2n) is 10.2. The Morgan fingerprint density at radius 3 is 2.39 bits per heavy atom. The van der Waals surface area contributed by atoms with Gasteiger partial charge in [0.2, 0.25) is 0 Å². The molecule has 2 atom stereocenters. The van der Waals surface area contributed by atoms with Gasteiger partial charge < -0.3 is 9.64 Å². The van der Waals surface area contributed by atoms with E-state index in [1.165, 1.54) is 14.0 Å². The number of aromatic nitrogens is 4. The van der Waals surface area contributed by atoms with Crippen molar-refractivity contribution in [2.75, 3.05) is 22.9 Å². The van der Waals surface area contributed by atoms with Crippen LogP contribution in [-0.2, 0) is 16.6 Å². The molecule has 2 saturated heterocycles. The quantitative estimate of drug-likeness (QED) is 0.264. The minimum Gasteiger partial charge on any atom is -0.372 e. The number of hydrogen-bond donors (Lipinski definition) is 0. The molecule has 0 bridgehead atoms. The molecule has 12 heteroatoms. The fraction of sp³-hybridized carbons (Fsp3) is 0.276. The number of fused-ring (bicyclic) bond motifs is 1. The number of nitrogens with zero attached hydrogens (tertiary/aromatic N) is 6. The first-order valence-electron chi connectivity index (χ1n) is 13.2. The lowest BCUT2D eigenvalue weighted by Gasteiger charge is -2.36. The number of para-hydroxylation sites is 1. The van der Waals surface area contributed by atoms with Crippen LogP contribution in [0.25, 0.3) is 17.4 Å². The average Bonchev–Trinajstić information content (AvgIpc) is 3.34. The molecule has 6 rings (SSSR count). The van der Waals surface area contributed by atoms with E-state index >= 15 is 0 Å². The van der Waals surface area contributed by atoms with Gasteiger partial charge in [0.25, 0.3) is 17.0 Å². The third kappa shape index (κ3) is 4.61. The topological polar surface area (TPSA) is 94.1 Å². The van der Waals surface area contributed by atoms with E-state index < -0.39 is 5.91 Å². The number of morpholine rings is 1. The Hall–Kier alpha value is -4.00. The number of pyridine rings is 1. The second kappa shape index (κ2) is 10.4. The lowest BCUT2D eigenvalue weighted by atomic mass is 10.2. The molecule has 10 nitrogen and oxygen atoms in total. The summed E-state index contributed by atoms with van der Waals surface area (Å²) in [7, 11) is 1.76. The van der Waals surface area contributed by atoms with Crippen LogP contribution in [0.3, 0.4) is 0 Å². The summed E-state index contributed by atoms with van der Waals surface area (Å²) in [6, 6.07) is 14.6. The lowest BCUT2D eigenvalue weighted by molar-refractivity contribution is -0.113. The van der Waals surface area contributed by atoms with Crippen LogP contribution in [0.1, 0.15) is 25.1 Å². The van der Waals surface area contributed by atoms with Crippen LogP contribution in [0, 0.1) is 6.92 Å². The van der Waals surface area contributed by atoms with Crippen LogP contribution in [0.2, 0.25) is 0 Å². The molecule has 0 radical (unpaired) electrons. The number of benzene rings is 1. The van der Waals surface area contributed by atoms with Gasteiger partial charge in [0.05, 0.1) is 34.1 Å². The van der Waals surface area contributed by atoms with E-state index in [2.05, 4.69) is 0 Å². The molecule has 2 unspecified atom stereocenters. The van der Waals surface area contributed by atoms with Gasteiger partial charge in [-0.25, -0.2) is 9.67 Å². The van der Waals surface area contributed by atoms with Crippen molar-refractivity contribution in [1.29, 1.82) is 0 Å². The Morgan fingerprint density at radius 1 is 1.00 bits per heavy atom. The Kier molecular flexibility index (Phi) is 6.92. The van der Waals surface area contributed by atoms with Crippen molar-refractivity contribution in [3.05, 3.63) is 91.6 Å². The number of thiocarbonyl (C=S) groups is 1. The van der Waals surface area contributed by atoms with Gasteiger partial charge in [-0.15, -0.1) is 0 Å². The van der Waals surface area contributed by atoms with Crippen LogP contribution >= 0.6 is 24.0 Å². The molecule has 3 aromatic heterocycles. The van der Waals surface area contributed by atoms with Crippen molar-refractivity contribution in [2.45, 2.75) is 33.0 Å². The second-order valence-corrected chi connectivity index (χ2v) is 11.8. The maximum absolute atomic E-state index is 13.9. The summed E-state index contributed by atoms with van der Waals surface area (Å²) in [5.74, 6) is 0.0222. The monoisotopic (exact) mass is 588 g/mol. The normalized spacial score (nSPS) is 20.5. The average molecular weight is 589 g/mol. The molecule has 41 heavy (non-hydrogen) atoms. The molecular weight excluding hydrogens is 560 g/mol. The standard InChI is InChI=1S/C29H28N6O4S2/c1-17-15-32(16-18(2)39-17)25-21(26(36)33-13-9-8-12-23(33)30-25)14-22-27(37)34(29(40)41-22)24-19(3)31(4)35(28(24)38)20-10-6-5-7-11-20/h5-14,17-18H,15-16H2,1-4H3/b22-14+. The number of anilines is 2. The van der Waals surface area contributed by atoms with Crippen molar-refractivity contribution >= 4 is 57.4 Å². The third-order valence-corrected chi connectivity index (χ3v) is 8.59. The molecular formula is C29H28N6O4S2. The Morgan fingerprint density at radius 2 is 1.68 bits per heavy atom. The molecule has 0 spiro atoms. The molecule has 210 valence electrons. The van der Waals surface area contributed by atoms with E-state index in [4.69, 9.17) is 21.9 Å². The SMILES string of the molecule is Cc1c(N2C(=O)/C(=C\c3c(N4CC(C)OC(C)C4)nc4ccccn4c3=O)SC2=S)c(=O)n(-c2ccccc2)n1C. The minimum absolute atomic E-state index is 0.0614. The highest BCUT2D eigenvalue weighted by molar-refractivity contribution is 8.27. The fourth-order valence-corrected chi connectivity index (χ4v) is 6.67. The first-order valence-corrected chi connectivity index (χ1v) is 14.4. The van der Waals surface area contributed by atoms with Gasteiger partial charge in [-0.2, -0.15) is 0 Å². The van der Waals surface area contributed by atoms with E-state index in [0.29, 0.717) is 35.9 Å². The Balaban J connectivity index is 1.47. The molecule has 5 heterocycles. The van der Waals surface area contributed by atoms with Gasteiger partial charge >= 0.3 is 0 Å². The van der Waals surface area contributed by atoms with E-state index in [1.54, 1.807) is 43.1 Å². The van der Waals surface area contributed by atoms with Gasteiger partial charge in [0.15, 0.2) is 4.32 Å². The number of thioether (sulfide) groups is 1. The van der Waals surface area contributed by atoms with Crippen molar-refractivity contribution in [3.63, 3.8) is 0 Å². The number of ether oxygens (including phenoxy) is 1. The van der Waals surface area contributed by atoms with E-state index in [-0.39, 0.29) is 43.8 Å². The molecule has 0 aliphatic carbocycles. The number of rotatable bonds is 4. The maximum Gasteiger partial charge on any atom is 0.296 e. The molecule has 2 fully saturated rings. The third-order valence-electron chi connectivity index (χ3n) is 7.28. The number of amides is 1. The summed E-state index contributed by atoms with van der Waals surface area (Å²) < 4.78 is 10.8. The molecule has 0 N–H and O–H groups in total. The van der Waals surface area contributed by atoms with E-state index in [1.807, 2.05) is 55.1 Å². The fourth-order valence-electron chi connectivity index (χ4n) is 5.41. The number of carbonyl (C=O) groups is 1. The van der Waals surface area contributed by atoms with Crippen LogP contribution in [-0.4, -0.2) is 54.3 Å². The summed E-state index contributed by atoms with van der Waals surface area (Å²) in [6.45, 7) is 6.82. The van der Waals surface area contributed by atoms with Crippen molar-refractivity contribution < 1.29 is 9.53 Å². The highest BCUT2D eigenvalue weighted by atomic mass is 32.2. The van der Waals surface area contributed by atoms with Gasteiger partial charge in [0.1, 0.15) is 17.2 Å². The van der Waals surface area contributed by atoms with E-state index in [0.717, 1.165) is 11.8 Å². The van der Waals surface area contributed by atoms with Crippen LogP contribution < -0.4 is 20.9 Å². The van der Waals surface area contributed by atoms with Crippen molar-refractivity contribution in [1.82, 2.24) is 18.7 Å². The highest BCUT2D eigenvalue weighted by Gasteiger charge is 2.38. The molecule has 2 aliphatic rings. The molecule has 4 aromatic rings. The predicted molar refractivity (Wildman–Crippen MR) is 165 cm³/mol. The van der Waals surface area contributed by atoms with Crippen LogP contribution in [0.15, 0.2) is 69.2 Å². The maximum atomic E-state index is 13.9. The minimum atomic E-state index is -0.460. The summed E-state index contributed by atoms with van der Waals surface area (Å²) in [5.41, 5.74) is 1.56. The summed E-state index contributed by atoms with van der Waals surface area (Å²) in [4.78, 5) is 49.7. The summed E-state index contributed by atoms with van der Waals surface area (Å²) in [5, 5.41) is 0. The van der Waals surface area contributed by atoms with Gasteiger partial charge in [-0.05, 0) is 51.1 Å². The van der Waals surface area contributed by atoms with Gasteiger partial charge in [-0.3, -0.25) is 28.4 Å². The van der Waals surface area contributed by atoms with Crippen molar-refractivity contribution in [2.24, 2.45) is 7.05 Å². The zero-order valence-electron chi connectivity index (χ0n) is 23.0. The first kappa shape index (κ1) is 27.2. The zero-order chi connectivity index (χ0) is 29.0. The Bertz CT molecular complexity index is 1850. The lowest BCUT2D eigenvalue weighted by Crippen LogP contribution is -2.46. The first-order chi connectivity index (χ1) is 19.7. The highest BCUT2D eigenvalue weighted by Crippen LogP contribution is 2.37. The summed E-state index contributed by atoms with van der Waals surface area (Å²) in [6.07, 6.45) is 3.09. The number of carbonyl (C=O) groups excluding carboxylic acids is 1. The summed E-state index contributed by atoms with van der Waals surface area (Å²) >= 11 is 6.69. The Labute approximate surface area is 245 Å². The molecule has 0 saturated carbocycles.